The summed E-state index contributed by atoms with van der Waals surface area (Å²) in [6, 6.07) is 10.5. The summed E-state index contributed by atoms with van der Waals surface area (Å²) in [6.45, 7) is 9.27. The standard InChI is InChI=1S/C19H32N4O/c1-16(2)15-23-12-9-17(10-13-23)21-19(24)20-11-14-22(3)18-7-5-4-6-8-18/h4-8,16-17H,9-15H2,1-3H3,(H2,20,21,24). The van der Waals surface area contributed by atoms with E-state index in [-0.39, 0.29) is 6.03 Å². The largest absolute Gasteiger partial charge is 0.373 e. The summed E-state index contributed by atoms with van der Waals surface area (Å²) in [4.78, 5) is 16.7. The topological polar surface area (TPSA) is 47.6 Å². The Hall–Kier alpha value is -1.75. The number of piperidine rings is 1. The third-order valence-electron chi connectivity index (χ3n) is 4.48. The van der Waals surface area contributed by atoms with Crippen LogP contribution in [0.5, 0.6) is 0 Å². The monoisotopic (exact) mass is 332 g/mol. The molecule has 1 aromatic carbocycles. The van der Waals surface area contributed by atoms with Crippen LogP contribution in [0.1, 0.15) is 26.7 Å². The summed E-state index contributed by atoms with van der Waals surface area (Å²) < 4.78 is 0. The molecule has 1 fully saturated rings. The summed E-state index contributed by atoms with van der Waals surface area (Å²) in [5, 5.41) is 6.08. The quantitative estimate of drug-likeness (QED) is 0.807. The zero-order chi connectivity index (χ0) is 17.4. The molecular formula is C19H32N4O. The normalized spacial score (nSPS) is 16.2. The van der Waals surface area contributed by atoms with Gasteiger partial charge in [-0.25, -0.2) is 4.79 Å². The molecule has 0 unspecified atom stereocenters. The molecule has 0 aromatic heterocycles. The summed E-state index contributed by atoms with van der Waals surface area (Å²) in [6.07, 6.45) is 2.09. The van der Waals surface area contributed by atoms with E-state index in [0.717, 1.165) is 44.7 Å². The molecule has 0 aliphatic carbocycles. The number of carbonyl (C=O) groups is 1. The molecule has 0 saturated carbocycles. The van der Waals surface area contributed by atoms with Gasteiger partial charge in [-0.1, -0.05) is 32.0 Å². The van der Waals surface area contributed by atoms with E-state index in [0.29, 0.717) is 18.5 Å². The maximum Gasteiger partial charge on any atom is 0.315 e. The van der Waals surface area contributed by atoms with Crippen LogP contribution in [0.2, 0.25) is 0 Å². The predicted molar refractivity (Wildman–Crippen MR) is 101 cm³/mol. The Bertz CT molecular complexity index is 483. The maximum atomic E-state index is 12.0. The molecule has 1 aliphatic rings. The minimum atomic E-state index is -0.0428. The first-order valence-electron chi connectivity index (χ1n) is 9.07. The van der Waals surface area contributed by atoms with E-state index in [1.807, 2.05) is 25.2 Å². The summed E-state index contributed by atoms with van der Waals surface area (Å²) in [5.41, 5.74) is 1.16. The van der Waals surface area contributed by atoms with Gasteiger partial charge in [-0.05, 0) is 30.9 Å². The number of amides is 2. The first-order valence-corrected chi connectivity index (χ1v) is 9.07. The number of para-hydroxylation sites is 1. The van der Waals surface area contributed by atoms with Crippen LogP contribution in [0, 0.1) is 5.92 Å². The van der Waals surface area contributed by atoms with Gasteiger partial charge in [0.05, 0.1) is 0 Å². The SMILES string of the molecule is CC(C)CN1CCC(NC(=O)NCCN(C)c2ccccc2)CC1. The maximum absolute atomic E-state index is 12.0. The molecule has 5 heteroatoms. The van der Waals surface area contributed by atoms with E-state index in [1.54, 1.807) is 0 Å². The number of likely N-dealkylation sites (N-methyl/N-ethyl adjacent to an activating group) is 1. The molecule has 134 valence electrons. The van der Waals surface area contributed by atoms with E-state index in [4.69, 9.17) is 0 Å². The van der Waals surface area contributed by atoms with Crippen LogP contribution in [-0.4, -0.2) is 56.7 Å². The lowest BCUT2D eigenvalue weighted by atomic mass is 10.0. The second-order valence-corrected chi connectivity index (χ2v) is 7.13. The van der Waals surface area contributed by atoms with Crippen LogP contribution in [0.25, 0.3) is 0 Å². The van der Waals surface area contributed by atoms with Crippen molar-refractivity contribution >= 4 is 11.7 Å². The number of likely N-dealkylation sites (tertiary alicyclic amines) is 1. The Morgan fingerprint density at radius 2 is 1.92 bits per heavy atom. The van der Waals surface area contributed by atoms with Crippen LogP contribution in [0.3, 0.4) is 0 Å². The van der Waals surface area contributed by atoms with Crippen molar-refractivity contribution in [3.8, 4) is 0 Å². The average Bonchev–Trinajstić information content (AvgIpc) is 2.57. The van der Waals surface area contributed by atoms with Crippen molar-refractivity contribution in [2.45, 2.75) is 32.7 Å². The zero-order valence-electron chi connectivity index (χ0n) is 15.3. The molecule has 0 spiro atoms. The third kappa shape index (κ3) is 6.40. The lowest BCUT2D eigenvalue weighted by Gasteiger charge is -2.33. The van der Waals surface area contributed by atoms with Gasteiger partial charge in [-0.2, -0.15) is 0 Å². The molecule has 1 aromatic rings. The molecule has 1 heterocycles. The Morgan fingerprint density at radius 3 is 2.54 bits per heavy atom. The Labute approximate surface area is 146 Å². The number of hydrogen-bond acceptors (Lipinski definition) is 3. The van der Waals surface area contributed by atoms with Gasteiger partial charge in [0, 0.05) is 51.5 Å². The third-order valence-corrected chi connectivity index (χ3v) is 4.48. The average molecular weight is 332 g/mol. The second-order valence-electron chi connectivity index (χ2n) is 7.13. The van der Waals surface area contributed by atoms with E-state index < -0.39 is 0 Å². The summed E-state index contributed by atoms with van der Waals surface area (Å²) >= 11 is 0. The first-order chi connectivity index (χ1) is 11.5. The smallest absolute Gasteiger partial charge is 0.315 e. The number of rotatable bonds is 7. The van der Waals surface area contributed by atoms with Crippen LogP contribution >= 0.6 is 0 Å². The minimum Gasteiger partial charge on any atom is -0.373 e. The zero-order valence-corrected chi connectivity index (χ0v) is 15.3. The van der Waals surface area contributed by atoms with Gasteiger partial charge in [-0.3, -0.25) is 0 Å². The highest BCUT2D eigenvalue weighted by molar-refractivity contribution is 5.74. The fourth-order valence-corrected chi connectivity index (χ4v) is 3.16. The van der Waals surface area contributed by atoms with Crippen molar-refractivity contribution in [2.75, 3.05) is 44.7 Å². The molecule has 1 saturated heterocycles. The molecule has 0 radical (unpaired) electrons. The number of nitrogens with one attached hydrogen (secondary N) is 2. The highest BCUT2D eigenvalue weighted by atomic mass is 16.2. The Kier molecular flexibility index (Phi) is 7.37. The lowest BCUT2D eigenvalue weighted by molar-refractivity contribution is 0.178. The highest BCUT2D eigenvalue weighted by Gasteiger charge is 2.20. The number of nitrogens with zero attached hydrogens (tertiary/aromatic N) is 2. The van der Waals surface area contributed by atoms with E-state index in [9.17, 15) is 4.79 Å². The number of hydrogen-bond donors (Lipinski definition) is 2. The molecule has 0 atom stereocenters. The number of carbonyl (C=O) groups excluding carboxylic acids is 1. The van der Waals surface area contributed by atoms with Gasteiger partial charge in [-0.15, -0.1) is 0 Å². The first kappa shape index (κ1) is 18.6. The van der Waals surface area contributed by atoms with Gasteiger partial charge in [0.1, 0.15) is 0 Å². The van der Waals surface area contributed by atoms with Gasteiger partial charge in [0.25, 0.3) is 0 Å². The molecule has 24 heavy (non-hydrogen) atoms. The molecule has 2 N–H and O–H groups in total. The van der Waals surface area contributed by atoms with Crippen LogP contribution in [0.15, 0.2) is 30.3 Å². The van der Waals surface area contributed by atoms with Gasteiger partial charge < -0.3 is 20.4 Å². The number of anilines is 1. The van der Waals surface area contributed by atoms with Crippen LogP contribution in [-0.2, 0) is 0 Å². The van der Waals surface area contributed by atoms with Gasteiger partial charge >= 0.3 is 6.03 Å². The molecular weight excluding hydrogens is 300 g/mol. The summed E-state index contributed by atoms with van der Waals surface area (Å²) in [5.74, 6) is 0.708. The van der Waals surface area contributed by atoms with E-state index in [2.05, 4.69) is 46.4 Å². The van der Waals surface area contributed by atoms with Crippen LogP contribution < -0.4 is 15.5 Å². The molecule has 1 aliphatic heterocycles. The Balaban J connectivity index is 1.60. The van der Waals surface area contributed by atoms with E-state index in [1.165, 1.54) is 0 Å². The van der Waals surface area contributed by atoms with Crippen molar-refractivity contribution in [1.82, 2.24) is 15.5 Å². The van der Waals surface area contributed by atoms with Crippen molar-refractivity contribution < 1.29 is 4.79 Å². The van der Waals surface area contributed by atoms with Crippen molar-refractivity contribution in [2.24, 2.45) is 5.92 Å². The molecule has 5 nitrogen and oxygen atoms in total. The second kappa shape index (κ2) is 9.52. The predicted octanol–water partition coefficient (Wildman–Crippen LogP) is 2.54. The molecule has 2 amide bonds. The van der Waals surface area contributed by atoms with Crippen LogP contribution in [0.4, 0.5) is 10.5 Å². The van der Waals surface area contributed by atoms with Gasteiger partial charge in [0.15, 0.2) is 0 Å². The number of benzene rings is 1. The van der Waals surface area contributed by atoms with Gasteiger partial charge in [0.2, 0.25) is 0 Å². The van der Waals surface area contributed by atoms with Crippen molar-refractivity contribution in [3.63, 3.8) is 0 Å². The molecule has 2 rings (SSSR count). The highest BCUT2D eigenvalue weighted by Crippen LogP contribution is 2.12. The fraction of sp³-hybridized carbons (Fsp3) is 0.632. The van der Waals surface area contributed by atoms with Crippen molar-refractivity contribution in [1.29, 1.82) is 0 Å². The summed E-state index contributed by atoms with van der Waals surface area (Å²) in [7, 11) is 2.04. The lowest BCUT2D eigenvalue weighted by Crippen LogP contribution is -2.49. The fourth-order valence-electron chi connectivity index (χ4n) is 3.16. The van der Waals surface area contributed by atoms with E-state index >= 15 is 0 Å². The minimum absolute atomic E-state index is 0.0428. The molecule has 0 bridgehead atoms. The number of urea groups is 1. The Morgan fingerprint density at radius 1 is 1.25 bits per heavy atom. The van der Waals surface area contributed by atoms with Crippen molar-refractivity contribution in [3.05, 3.63) is 30.3 Å².